The van der Waals surface area contributed by atoms with Crippen LogP contribution in [0.25, 0.3) is 0 Å². The minimum Gasteiger partial charge on any atom is -0.295 e. The molecule has 0 saturated carbocycles. The topological polar surface area (TPSA) is 29.4 Å². The van der Waals surface area contributed by atoms with Crippen LogP contribution in [0.2, 0.25) is 0 Å². The monoisotopic (exact) mass is 201 g/mol. The highest BCUT2D eigenvalue weighted by Crippen LogP contribution is 2.14. The van der Waals surface area contributed by atoms with E-state index in [1.165, 1.54) is 24.1 Å². The first-order valence-corrected chi connectivity index (χ1v) is 5.42. The molecule has 0 aromatic heterocycles. The lowest BCUT2D eigenvalue weighted by molar-refractivity contribution is 0.101. The molecule has 0 radical (unpaired) electrons. The summed E-state index contributed by atoms with van der Waals surface area (Å²) in [6.45, 7) is 2.54. The molecule has 0 spiro atoms. The summed E-state index contributed by atoms with van der Waals surface area (Å²) in [4.78, 5) is 15.6. The smallest absolute Gasteiger partial charge is 0.159 e. The summed E-state index contributed by atoms with van der Waals surface area (Å²) < 4.78 is 0. The largest absolute Gasteiger partial charge is 0.295 e. The lowest BCUT2D eigenvalue weighted by Crippen LogP contribution is -2.07. The Bertz CT molecular complexity index is 390. The minimum absolute atomic E-state index is 0.118. The van der Waals surface area contributed by atoms with E-state index in [2.05, 4.69) is 4.99 Å². The zero-order chi connectivity index (χ0) is 10.7. The quantitative estimate of drug-likeness (QED) is 0.676. The van der Waals surface area contributed by atoms with Crippen molar-refractivity contribution in [3.05, 3.63) is 35.4 Å². The van der Waals surface area contributed by atoms with Crippen LogP contribution in [0.3, 0.4) is 0 Å². The van der Waals surface area contributed by atoms with E-state index in [1.54, 1.807) is 6.92 Å². The fraction of sp³-hybridized carbons (Fsp3) is 0.385. The molecule has 0 saturated heterocycles. The van der Waals surface area contributed by atoms with Gasteiger partial charge >= 0.3 is 0 Å². The zero-order valence-corrected chi connectivity index (χ0v) is 8.99. The normalized spacial score (nSPS) is 15.9. The van der Waals surface area contributed by atoms with Crippen LogP contribution in [-0.4, -0.2) is 18.0 Å². The number of ketones is 1. The summed E-state index contributed by atoms with van der Waals surface area (Å²) in [6.07, 6.45) is 3.50. The van der Waals surface area contributed by atoms with Gasteiger partial charge in [-0.15, -0.1) is 0 Å². The molecule has 15 heavy (non-hydrogen) atoms. The molecule has 1 aromatic carbocycles. The second-order valence-electron chi connectivity index (χ2n) is 3.92. The molecule has 78 valence electrons. The van der Waals surface area contributed by atoms with E-state index in [0.717, 1.165) is 18.5 Å². The van der Waals surface area contributed by atoms with E-state index in [0.29, 0.717) is 0 Å². The van der Waals surface area contributed by atoms with Gasteiger partial charge < -0.3 is 0 Å². The highest BCUT2D eigenvalue weighted by Gasteiger charge is 2.08. The number of hydrogen-bond acceptors (Lipinski definition) is 2. The number of hydrogen-bond donors (Lipinski definition) is 0. The van der Waals surface area contributed by atoms with E-state index in [1.807, 2.05) is 24.3 Å². The number of aliphatic imine (C=N–C) groups is 1. The Morgan fingerprint density at radius 3 is 2.47 bits per heavy atom. The van der Waals surface area contributed by atoms with Gasteiger partial charge in [-0.3, -0.25) is 9.79 Å². The molecule has 2 rings (SSSR count). The van der Waals surface area contributed by atoms with Crippen LogP contribution in [0.1, 0.15) is 42.1 Å². The van der Waals surface area contributed by atoms with E-state index in [9.17, 15) is 4.79 Å². The summed E-state index contributed by atoms with van der Waals surface area (Å²) in [5.74, 6) is 0.118. The van der Waals surface area contributed by atoms with E-state index >= 15 is 0 Å². The predicted molar refractivity (Wildman–Crippen MR) is 61.7 cm³/mol. The number of carbonyl (C=O) groups is 1. The van der Waals surface area contributed by atoms with Crippen molar-refractivity contribution in [2.45, 2.75) is 26.2 Å². The van der Waals surface area contributed by atoms with Crippen LogP contribution in [0.5, 0.6) is 0 Å². The molecule has 2 nitrogen and oxygen atoms in total. The summed E-state index contributed by atoms with van der Waals surface area (Å²) in [5.41, 5.74) is 3.13. The Morgan fingerprint density at radius 1 is 1.20 bits per heavy atom. The lowest BCUT2D eigenvalue weighted by Gasteiger charge is -2.11. The predicted octanol–water partition coefficient (Wildman–Crippen LogP) is 2.86. The number of Topliss-reactive ketones (excluding diaryl/α,β-unsaturated/α-hetero) is 1. The Hall–Kier alpha value is -1.44. The Balaban J connectivity index is 2.23. The van der Waals surface area contributed by atoms with Gasteiger partial charge in [-0.25, -0.2) is 0 Å². The Morgan fingerprint density at radius 2 is 1.93 bits per heavy atom. The highest BCUT2D eigenvalue weighted by atomic mass is 16.1. The first-order valence-electron chi connectivity index (χ1n) is 5.42. The fourth-order valence-corrected chi connectivity index (χ4v) is 1.83. The van der Waals surface area contributed by atoms with Crippen LogP contribution in [-0.2, 0) is 0 Å². The second-order valence-corrected chi connectivity index (χ2v) is 3.92. The van der Waals surface area contributed by atoms with Crippen molar-refractivity contribution in [3.63, 3.8) is 0 Å². The van der Waals surface area contributed by atoms with E-state index in [4.69, 9.17) is 0 Å². The van der Waals surface area contributed by atoms with Crippen LogP contribution in [0.15, 0.2) is 29.3 Å². The van der Waals surface area contributed by atoms with Crippen molar-refractivity contribution in [2.24, 2.45) is 4.99 Å². The molecule has 0 atom stereocenters. The SMILES string of the molecule is CC(=O)c1ccc(C2=NCCCC2)cc1. The molecular weight excluding hydrogens is 186 g/mol. The third kappa shape index (κ3) is 2.32. The number of rotatable bonds is 2. The Kier molecular flexibility index (Phi) is 2.95. The van der Waals surface area contributed by atoms with Crippen molar-refractivity contribution in [2.75, 3.05) is 6.54 Å². The fourth-order valence-electron chi connectivity index (χ4n) is 1.83. The summed E-state index contributed by atoms with van der Waals surface area (Å²) in [6, 6.07) is 7.77. The average molecular weight is 201 g/mol. The third-order valence-corrected chi connectivity index (χ3v) is 2.75. The molecule has 0 N–H and O–H groups in total. The van der Waals surface area contributed by atoms with Crippen LogP contribution in [0, 0.1) is 0 Å². The minimum atomic E-state index is 0.118. The molecular formula is C13H15NO. The van der Waals surface area contributed by atoms with Gasteiger partial charge in [0.15, 0.2) is 5.78 Å². The number of benzene rings is 1. The van der Waals surface area contributed by atoms with Gasteiger partial charge in [-0.2, -0.15) is 0 Å². The summed E-state index contributed by atoms with van der Waals surface area (Å²) in [5, 5.41) is 0. The molecule has 0 amide bonds. The first kappa shape index (κ1) is 10.1. The molecule has 1 aliphatic rings. The molecule has 0 fully saturated rings. The van der Waals surface area contributed by atoms with Crippen molar-refractivity contribution < 1.29 is 4.79 Å². The molecule has 0 aliphatic carbocycles. The maximum absolute atomic E-state index is 11.1. The van der Waals surface area contributed by atoms with Gasteiger partial charge in [0.1, 0.15) is 0 Å². The van der Waals surface area contributed by atoms with Crippen molar-refractivity contribution >= 4 is 11.5 Å². The molecule has 1 aliphatic heterocycles. The van der Waals surface area contributed by atoms with Gasteiger partial charge in [0.2, 0.25) is 0 Å². The zero-order valence-electron chi connectivity index (χ0n) is 8.99. The van der Waals surface area contributed by atoms with Gasteiger partial charge in [-0.05, 0) is 31.7 Å². The third-order valence-electron chi connectivity index (χ3n) is 2.75. The van der Waals surface area contributed by atoms with Crippen LogP contribution >= 0.6 is 0 Å². The highest BCUT2D eigenvalue weighted by molar-refractivity contribution is 6.02. The van der Waals surface area contributed by atoms with Crippen LogP contribution in [0.4, 0.5) is 0 Å². The first-order chi connectivity index (χ1) is 7.27. The lowest BCUT2D eigenvalue weighted by atomic mass is 10.00. The van der Waals surface area contributed by atoms with Gasteiger partial charge in [-0.1, -0.05) is 24.3 Å². The number of nitrogens with zero attached hydrogens (tertiary/aromatic N) is 1. The molecule has 0 unspecified atom stereocenters. The maximum atomic E-state index is 11.1. The maximum Gasteiger partial charge on any atom is 0.159 e. The van der Waals surface area contributed by atoms with Crippen molar-refractivity contribution in [1.29, 1.82) is 0 Å². The second kappa shape index (κ2) is 4.39. The molecule has 2 heteroatoms. The standard InChI is InChI=1S/C13H15NO/c1-10(15)11-5-7-12(8-6-11)13-4-2-3-9-14-13/h5-8H,2-4,9H2,1H3. The molecule has 0 bridgehead atoms. The van der Waals surface area contributed by atoms with Crippen LogP contribution < -0.4 is 0 Å². The van der Waals surface area contributed by atoms with E-state index in [-0.39, 0.29) is 5.78 Å². The van der Waals surface area contributed by atoms with Crippen molar-refractivity contribution in [3.8, 4) is 0 Å². The molecule has 1 heterocycles. The van der Waals surface area contributed by atoms with E-state index < -0.39 is 0 Å². The van der Waals surface area contributed by atoms with Gasteiger partial charge in [0, 0.05) is 17.8 Å². The summed E-state index contributed by atoms with van der Waals surface area (Å²) >= 11 is 0. The number of carbonyl (C=O) groups excluding carboxylic acids is 1. The molecule has 1 aromatic rings. The van der Waals surface area contributed by atoms with Gasteiger partial charge in [0.25, 0.3) is 0 Å². The summed E-state index contributed by atoms with van der Waals surface area (Å²) in [7, 11) is 0. The Labute approximate surface area is 90.0 Å². The van der Waals surface area contributed by atoms with Gasteiger partial charge in [0.05, 0.1) is 0 Å². The van der Waals surface area contributed by atoms with Crippen molar-refractivity contribution in [1.82, 2.24) is 0 Å². The average Bonchev–Trinajstić information content (AvgIpc) is 2.30.